The highest BCUT2D eigenvalue weighted by atomic mass is 16.7. The molecule has 0 aromatic heterocycles. The van der Waals surface area contributed by atoms with E-state index in [1.165, 1.54) is 4.90 Å². The first kappa shape index (κ1) is 28.3. The summed E-state index contributed by atoms with van der Waals surface area (Å²) in [4.78, 5) is 40.1. The van der Waals surface area contributed by atoms with E-state index in [-0.39, 0.29) is 31.1 Å². The zero-order valence-corrected chi connectivity index (χ0v) is 21.1. The number of hydrogen-bond donors (Lipinski definition) is 1. The van der Waals surface area contributed by atoms with Gasteiger partial charge >= 0.3 is 12.1 Å². The highest BCUT2D eigenvalue weighted by molar-refractivity contribution is 5.87. The van der Waals surface area contributed by atoms with Crippen LogP contribution < -0.4 is 5.73 Å². The molecule has 9 nitrogen and oxygen atoms in total. The van der Waals surface area contributed by atoms with Gasteiger partial charge in [-0.25, -0.2) is 9.59 Å². The average molecular weight is 459 g/mol. The van der Waals surface area contributed by atoms with Crippen LogP contribution in [0.4, 0.5) is 4.79 Å². The molecule has 5 atom stereocenters. The van der Waals surface area contributed by atoms with E-state index < -0.39 is 47.7 Å². The monoisotopic (exact) mass is 458 g/mol. The molecule has 0 aromatic carbocycles. The number of Topliss-reactive ketones (excluding diaryl/α,β-unsaturated/α-hetero) is 1. The summed E-state index contributed by atoms with van der Waals surface area (Å²) in [5, 5.41) is 0. The quantitative estimate of drug-likeness (QED) is 0.414. The third kappa shape index (κ3) is 8.33. The second-order valence-electron chi connectivity index (χ2n) is 10.1. The van der Waals surface area contributed by atoms with Crippen LogP contribution in [0.15, 0.2) is 0 Å². The van der Waals surface area contributed by atoms with Crippen molar-refractivity contribution in [2.24, 2.45) is 11.7 Å². The Morgan fingerprint density at radius 3 is 2.03 bits per heavy atom. The first-order chi connectivity index (χ1) is 14.6. The maximum absolute atomic E-state index is 13.2. The minimum Gasteiger partial charge on any atom is -0.458 e. The molecule has 0 saturated carbocycles. The molecule has 1 fully saturated rings. The predicted octanol–water partition coefficient (Wildman–Crippen LogP) is 3.03. The molecule has 1 aliphatic heterocycles. The van der Waals surface area contributed by atoms with E-state index in [4.69, 9.17) is 24.7 Å². The van der Waals surface area contributed by atoms with Crippen molar-refractivity contribution in [1.82, 2.24) is 4.90 Å². The number of amides is 1. The largest absolute Gasteiger partial charge is 0.458 e. The minimum absolute atomic E-state index is 0.162. The van der Waals surface area contributed by atoms with Crippen molar-refractivity contribution in [1.29, 1.82) is 0 Å². The molecular weight excluding hydrogens is 416 g/mol. The number of rotatable bonds is 9. The zero-order chi connectivity index (χ0) is 24.9. The van der Waals surface area contributed by atoms with Gasteiger partial charge in [0, 0.05) is 18.9 Å². The molecule has 1 heterocycles. The fourth-order valence-corrected chi connectivity index (χ4v) is 3.72. The lowest BCUT2D eigenvalue weighted by Gasteiger charge is -2.36. The normalized spacial score (nSPS) is 23.6. The third-order valence-electron chi connectivity index (χ3n) is 4.98. The number of nitrogens with two attached hydrogens (primary N) is 1. The molecule has 9 heteroatoms. The van der Waals surface area contributed by atoms with Crippen LogP contribution in [0, 0.1) is 5.92 Å². The lowest BCUT2D eigenvalue weighted by molar-refractivity contribution is -0.160. The van der Waals surface area contributed by atoms with Gasteiger partial charge < -0.3 is 24.7 Å². The summed E-state index contributed by atoms with van der Waals surface area (Å²) in [6, 6.07) is -2.71. The van der Waals surface area contributed by atoms with Crippen LogP contribution in [0.25, 0.3) is 0 Å². The van der Waals surface area contributed by atoms with E-state index in [2.05, 4.69) is 0 Å². The highest BCUT2D eigenvalue weighted by Crippen LogP contribution is 2.35. The Morgan fingerprint density at radius 2 is 1.56 bits per heavy atom. The molecule has 1 saturated heterocycles. The molecule has 0 radical (unpaired) electrons. The topological polar surface area (TPSA) is 117 Å². The number of hydrogen-bond acceptors (Lipinski definition) is 8. The van der Waals surface area contributed by atoms with E-state index in [1.807, 2.05) is 6.92 Å². The van der Waals surface area contributed by atoms with E-state index in [0.717, 1.165) is 0 Å². The van der Waals surface area contributed by atoms with Crippen LogP contribution in [-0.4, -0.2) is 71.6 Å². The van der Waals surface area contributed by atoms with Crippen molar-refractivity contribution in [2.75, 3.05) is 13.2 Å². The van der Waals surface area contributed by atoms with Gasteiger partial charge in [-0.15, -0.1) is 0 Å². The van der Waals surface area contributed by atoms with Crippen molar-refractivity contribution >= 4 is 17.8 Å². The first-order valence-corrected chi connectivity index (χ1v) is 11.4. The van der Waals surface area contributed by atoms with Crippen LogP contribution in [0.3, 0.4) is 0 Å². The minimum atomic E-state index is -0.990. The number of ether oxygens (including phenoxy) is 4. The van der Waals surface area contributed by atoms with Crippen molar-refractivity contribution in [2.45, 2.75) is 111 Å². The van der Waals surface area contributed by atoms with Crippen LogP contribution in [-0.2, 0) is 28.5 Å². The van der Waals surface area contributed by atoms with Gasteiger partial charge in [0.2, 0.25) is 0 Å². The molecule has 32 heavy (non-hydrogen) atoms. The molecule has 0 bridgehead atoms. The molecule has 0 aliphatic carbocycles. The maximum atomic E-state index is 13.2. The van der Waals surface area contributed by atoms with Gasteiger partial charge in [0.1, 0.15) is 17.2 Å². The summed E-state index contributed by atoms with van der Waals surface area (Å²) in [5.74, 6) is -1.16. The molecule has 2 N–H and O–H groups in total. The Morgan fingerprint density at radius 1 is 1.00 bits per heavy atom. The van der Waals surface area contributed by atoms with Gasteiger partial charge in [0.05, 0.1) is 18.7 Å². The third-order valence-corrected chi connectivity index (χ3v) is 4.98. The summed E-state index contributed by atoms with van der Waals surface area (Å²) >= 11 is 0. The molecule has 0 aromatic rings. The summed E-state index contributed by atoms with van der Waals surface area (Å²) in [6.07, 6.45) is -0.741. The standard InChI is InChI=1S/C23H42N2O7/c1-10-17(26)18(24)19-15(13-30-14(3)29-11-2)12-16(20(27)31-22(4,5)6)25(19)21(28)32-23(7,8)9/h14-16,18-19H,10-13,24H2,1-9H3/t14?,15-,16+,18-,19+/m0/s1. The predicted molar refractivity (Wildman–Crippen MR) is 120 cm³/mol. The molecule has 1 unspecified atom stereocenters. The first-order valence-electron chi connectivity index (χ1n) is 11.4. The molecule has 186 valence electrons. The Bertz CT molecular complexity index is 654. The van der Waals surface area contributed by atoms with Gasteiger partial charge in [-0.3, -0.25) is 9.69 Å². The lowest BCUT2D eigenvalue weighted by Crippen LogP contribution is -2.57. The molecule has 1 amide bonds. The van der Waals surface area contributed by atoms with E-state index >= 15 is 0 Å². The van der Waals surface area contributed by atoms with Crippen LogP contribution >= 0.6 is 0 Å². The Hall–Kier alpha value is -1.71. The zero-order valence-electron chi connectivity index (χ0n) is 21.1. The van der Waals surface area contributed by atoms with Gasteiger partial charge in [0.15, 0.2) is 12.1 Å². The van der Waals surface area contributed by atoms with Crippen molar-refractivity contribution in [3.63, 3.8) is 0 Å². The lowest BCUT2D eigenvalue weighted by atomic mass is 9.91. The fraction of sp³-hybridized carbons (Fsp3) is 0.870. The second-order valence-corrected chi connectivity index (χ2v) is 10.1. The van der Waals surface area contributed by atoms with E-state index in [0.29, 0.717) is 6.61 Å². The molecule has 1 rings (SSSR count). The highest BCUT2D eigenvalue weighted by Gasteiger charge is 2.53. The smallest absolute Gasteiger partial charge is 0.411 e. The van der Waals surface area contributed by atoms with Crippen molar-refractivity contribution in [3.8, 4) is 0 Å². The number of likely N-dealkylation sites (tertiary alicyclic amines) is 1. The molecule has 1 aliphatic rings. The number of carbonyl (C=O) groups is 3. The average Bonchev–Trinajstić information content (AvgIpc) is 3.02. The number of carbonyl (C=O) groups excluding carboxylic acids is 3. The fourth-order valence-electron chi connectivity index (χ4n) is 3.72. The van der Waals surface area contributed by atoms with E-state index in [1.54, 1.807) is 55.4 Å². The van der Waals surface area contributed by atoms with Crippen molar-refractivity contribution < 1.29 is 33.3 Å². The molecular formula is C23H42N2O7. The van der Waals surface area contributed by atoms with Crippen LogP contribution in [0.1, 0.15) is 75.2 Å². The number of ketones is 1. The van der Waals surface area contributed by atoms with Crippen LogP contribution in [0.5, 0.6) is 0 Å². The number of esters is 1. The van der Waals surface area contributed by atoms with Crippen LogP contribution in [0.2, 0.25) is 0 Å². The van der Waals surface area contributed by atoms with Gasteiger partial charge in [-0.05, 0) is 61.8 Å². The Kier molecular flexibility index (Phi) is 10.1. The second kappa shape index (κ2) is 11.4. The molecule has 0 spiro atoms. The number of nitrogens with zero attached hydrogens (tertiary/aromatic N) is 1. The summed E-state index contributed by atoms with van der Waals surface area (Å²) in [5.41, 5.74) is 4.79. The van der Waals surface area contributed by atoms with Gasteiger partial charge in [0.25, 0.3) is 0 Å². The summed E-state index contributed by atoms with van der Waals surface area (Å²) in [6.45, 7) is 16.5. The Balaban J connectivity index is 3.35. The summed E-state index contributed by atoms with van der Waals surface area (Å²) in [7, 11) is 0. The summed E-state index contributed by atoms with van der Waals surface area (Å²) < 4.78 is 22.4. The SMILES string of the molecule is CCOC(C)OC[C@@H]1C[C@H](C(=O)OC(C)(C)C)N(C(=O)OC(C)(C)C)[C@H]1[C@@H](N)C(=O)CC. The van der Waals surface area contributed by atoms with E-state index in [9.17, 15) is 14.4 Å². The van der Waals surface area contributed by atoms with Gasteiger partial charge in [-0.1, -0.05) is 6.92 Å². The van der Waals surface area contributed by atoms with Crippen molar-refractivity contribution in [3.05, 3.63) is 0 Å². The van der Waals surface area contributed by atoms with Gasteiger partial charge in [-0.2, -0.15) is 0 Å². The Labute approximate surface area is 192 Å². The maximum Gasteiger partial charge on any atom is 0.411 e.